The number of hydrogen-bond acceptors (Lipinski definition) is 1. The molecule has 0 saturated carbocycles. The minimum atomic E-state index is 0.663. The van der Waals surface area contributed by atoms with Gasteiger partial charge in [-0.2, -0.15) is 0 Å². The first-order chi connectivity index (χ1) is 8.16. The lowest BCUT2D eigenvalue weighted by atomic mass is 10.2. The van der Waals surface area contributed by atoms with Crippen LogP contribution < -0.4 is 4.74 Å². The highest BCUT2D eigenvalue weighted by molar-refractivity contribution is 9.10. The third-order valence-corrected chi connectivity index (χ3v) is 2.96. The maximum atomic E-state index is 5.77. The van der Waals surface area contributed by atoms with Crippen LogP contribution in [0.25, 0.3) is 5.76 Å². The Morgan fingerprint density at radius 3 is 2.47 bits per heavy atom. The Hall–Kier alpha value is -1.54. The Labute approximate surface area is 110 Å². The molecule has 0 spiro atoms. The Kier molecular flexibility index (Phi) is 3.64. The standard InChI is InChI=1S/C15H13BrO/c1-11-10-14(16)8-9-15(11)17-12(2)13-6-4-3-5-7-13/h3-10H,2H2,1H3. The number of halogens is 1. The molecule has 0 aliphatic carbocycles. The SMILES string of the molecule is C=C(Oc1ccc(Br)cc1C)c1ccccc1. The summed E-state index contributed by atoms with van der Waals surface area (Å²) in [7, 11) is 0. The zero-order valence-corrected chi connectivity index (χ0v) is 11.2. The van der Waals surface area contributed by atoms with Crippen molar-refractivity contribution in [2.24, 2.45) is 0 Å². The molecule has 0 aromatic heterocycles. The third kappa shape index (κ3) is 2.98. The number of aryl methyl sites for hydroxylation is 1. The summed E-state index contributed by atoms with van der Waals surface area (Å²) in [5.74, 6) is 1.50. The van der Waals surface area contributed by atoms with Gasteiger partial charge in [-0.1, -0.05) is 52.8 Å². The molecule has 0 aliphatic heterocycles. The molecule has 0 atom stereocenters. The number of hydrogen-bond donors (Lipinski definition) is 0. The van der Waals surface area contributed by atoms with E-state index in [1.807, 2.05) is 55.5 Å². The summed E-state index contributed by atoms with van der Waals surface area (Å²) in [5.41, 5.74) is 2.08. The molecule has 86 valence electrons. The van der Waals surface area contributed by atoms with Gasteiger partial charge in [0.25, 0.3) is 0 Å². The quantitative estimate of drug-likeness (QED) is 0.737. The Balaban J connectivity index is 2.19. The molecule has 0 unspecified atom stereocenters. The molecule has 1 nitrogen and oxygen atoms in total. The fourth-order valence-electron chi connectivity index (χ4n) is 1.54. The second kappa shape index (κ2) is 5.19. The molecule has 2 aromatic carbocycles. The van der Waals surface area contributed by atoms with Crippen molar-refractivity contribution in [3.05, 3.63) is 70.7 Å². The van der Waals surface area contributed by atoms with Crippen molar-refractivity contribution < 1.29 is 4.74 Å². The summed E-state index contributed by atoms with van der Waals surface area (Å²) in [4.78, 5) is 0. The van der Waals surface area contributed by atoms with Gasteiger partial charge in [0.15, 0.2) is 0 Å². The van der Waals surface area contributed by atoms with E-state index in [0.29, 0.717) is 5.76 Å². The zero-order chi connectivity index (χ0) is 12.3. The zero-order valence-electron chi connectivity index (χ0n) is 9.61. The molecule has 17 heavy (non-hydrogen) atoms. The van der Waals surface area contributed by atoms with Gasteiger partial charge in [0, 0.05) is 10.0 Å². The molecule has 0 bridgehead atoms. The summed E-state index contributed by atoms with van der Waals surface area (Å²) in [6.45, 7) is 5.96. The summed E-state index contributed by atoms with van der Waals surface area (Å²) >= 11 is 3.43. The Morgan fingerprint density at radius 1 is 1.12 bits per heavy atom. The van der Waals surface area contributed by atoms with Crippen molar-refractivity contribution in [3.63, 3.8) is 0 Å². The maximum absolute atomic E-state index is 5.77. The van der Waals surface area contributed by atoms with Gasteiger partial charge in [-0.25, -0.2) is 0 Å². The average Bonchev–Trinajstić information content (AvgIpc) is 2.34. The summed E-state index contributed by atoms with van der Waals surface area (Å²) in [6, 6.07) is 15.8. The van der Waals surface area contributed by atoms with Gasteiger partial charge in [-0.05, 0) is 30.7 Å². The molecular formula is C15H13BrO. The topological polar surface area (TPSA) is 9.23 Å². The fraction of sp³-hybridized carbons (Fsp3) is 0.0667. The molecule has 2 heteroatoms. The molecule has 0 aliphatic rings. The van der Waals surface area contributed by atoms with Crippen molar-refractivity contribution in [3.8, 4) is 5.75 Å². The van der Waals surface area contributed by atoms with E-state index in [9.17, 15) is 0 Å². The monoisotopic (exact) mass is 288 g/mol. The van der Waals surface area contributed by atoms with Crippen LogP contribution in [0.1, 0.15) is 11.1 Å². The smallest absolute Gasteiger partial charge is 0.130 e. The first-order valence-corrected chi connectivity index (χ1v) is 6.14. The predicted molar refractivity (Wildman–Crippen MR) is 75.0 cm³/mol. The molecule has 0 amide bonds. The lowest BCUT2D eigenvalue weighted by Gasteiger charge is -2.11. The second-order valence-electron chi connectivity index (χ2n) is 3.80. The lowest BCUT2D eigenvalue weighted by molar-refractivity contribution is 0.512. The minimum absolute atomic E-state index is 0.663. The van der Waals surface area contributed by atoms with Gasteiger partial charge < -0.3 is 4.74 Å². The molecule has 0 heterocycles. The van der Waals surface area contributed by atoms with Gasteiger partial charge in [0.05, 0.1) is 0 Å². The van der Waals surface area contributed by atoms with Crippen LogP contribution in [-0.2, 0) is 0 Å². The van der Waals surface area contributed by atoms with Gasteiger partial charge in [-0.15, -0.1) is 0 Å². The van der Waals surface area contributed by atoms with E-state index in [0.717, 1.165) is 21.3 Å². The Bertz CT molecular complexity index is 532. The van der Waals surface area contributed by atoms with E-state index in [-0.39, 0.29) is 0 Å². The van der Waals surface area contributed by atoms with Crippen LogP contribution in [-0.4, -0.2) is 0 Å². The first kappa shape index (κ1) is 11.9. The molecule has 0 radical (unpaired) electrons. The van der Waals surface area contributed by atoms with E-state index in [2.05, 4.69) is 22.5 Å². The minimum Gasteiger partial charge on any atom is -0.457 e. The van der Waals surface area contributed by atoms with Crippen molar-refractivity contribution >= 4 is 21.7 Å². The average molecular weight is 289 g/mol. The number of rotatable bonds is 3. The van der Waals surface area contributed by atoms with E-state index in [1.54, 1.807) is 0 Å². The first-order valence-electron chi connectivity index (χ1n) is 5.35. The van der Waals surface area contributed by atoms with Crippen LogP contribution in [0.15, 0.2) is 59.6 Å². The molecule has 0 N–H and O–H groups in total. The maximum Gasteiger partial charge on any atom is 0.130 e. The van der Waals surface area contributed by atoms with E-state index in [1.165, 1.54) is 0 Å². The highest BCUT2D eigenvalue weighted by Gasteiger charge is 2.04. The van der Waals surface area contributed by atoms with Crippen molar-refractivity contribution in [1.82, 2.24) is 0 Å². The number of benzene rings is 2. The highest BCUT2D eigenvalue weighted by atomic mass is 79.9. The van der Waals surface area contributed by atoms with Crippen molar-refractivity contribution in [2.75, 3.05) is 0 Å². The summed E-state index contributed by atoms with van der Waals surface area (Å²) < 4.78 is 6.82. The highest BCUT2D eigenvalue weighted by Crippen LogP contribution is 2.26. The molecule has 2 rings (SSSR count). The second-order valence-corrected chi connectivity index (χ2v) is 4.72. The van der Waals surface area contributed by atoms with Crippen LogP contribution in [0, 0.1) is 6.92 Å². The molecular weight excluding hydrogens is 276 g/mol. The molecule has 0 saturated heterocycles. The summed E-state index contributed by atoms with van der Waals surface area (Å²) in [5, 5.41) is 0. The van der Waals surface area contributed by atoms with Gasteiger partial charge >= 0.3 is 0 Å². The van der Waals surface area contributed by atoms with E-state index in [4.69, 9.17) is 4.74 Å². The van der Waals surface area contributed by atoms with E-state index >= 15 is 0 Å². The third-order valence-electron chi connectivity index (χ3n) is 2.47. The van der Waals surface area contributed by atoms with Crippen molar-refractivity contribution in [1.29, 1.82) is 0 Å². The van der Waals surface area contributed by atoms with Crippen LogP contribution in [0.5, 0.6) is 5.75 Å². The van der Waals surface area contributed by atoms with Crippen LogP contribution in [0.2, 0.25) is 0 Å². The van der Waals surface area contributed by atoms with Crippen LogP contribution >= 0.6 is 15.9 Å². The normalized spacial score (nSPS) is 10.0. The predicted octanol–water partition coefficient (Wildman–Crippen LogP) is 4.81. The van der Waals surface area contributed by atoms with E-state index < -0.39 is 0 Å². The number of ether oxygens (including phenoxy) is 1. The van der Waals surface area contributed by atoms with Crippen LogP contribution in [0.4, 0.5) is 0 Å². The van der Waals surface area contributed by atoms with Crippen molar-refractivity contribution in [2.45, 2.75) is 6.92 Å². The largest absolute Gasteiger partial charge is 0.457 e. The summed E-state index contributed by atoms with van der Waals surface area (Å²) in [6.07, 6.45) is 0. The van der Waals surface area contributed by atoms with Crippen LogP contribution in [0.3, 0.4) is 0 Å². The fourth-order valence-corrected chi connectivity index (χ4v) is 2.02. The Morgan fingerprint density at radius 2 is 1.82 bits per heavy atom. The lowest BCUT2D eigenvalue weighted by Crippen LogP contribution is -1.94. The van der Waals surface area contributed by atoms with Gasteiger partial charge in [0.2, 0.25) is 0 Å². The van der Waals surface area contributed by atoms with Gasteiger partial charge in [-0.3, -0.25) is 0 Å². The molecule has 0 fully saturated rings. The molecule has 2 aromatic rings. The van der Waals surface area contributed by atoms with Gasteiger partial charge in [0.1, 0.15) is 11.5 Å².